The Morgan fingerprint density at radius 2 is 1.96 bits per heavy atom. The molecule has 4 heterocycles. The molecule has 0 saturated carbocycles. The highest BCUT2D eigenvalue weighted by atomic mass is 16.4. The average Bonchev–Trinajstić information content (AvgIpc) is 3.01. The van der Waals surface area contributed by atoms with Gasteiger partial charge in [-0.2, -0.15) is 0 Å². The Hall–Kier alpha value is -2.11. The highest BCUT2D eigenvalue weighted by Gasteiger charge is 2.34. The zero-order valence-electron chi connectivity index (χ0n) is 16.8. The van der Waals surface area contributed by atoms with Crippen LogP contribution in [0.25, 0.3) is 0 Å². The number of nitrogens with one attached hydrogen (secondary N) is 1. The number of aryl methyl sites for hydroxylation is 1. The number of carbonyl (C=O) groups is 1. The molecule has 5 rings (SSSR count). The van der Waals surface area contributed by atoms with Gasteiger partial charge in [0.25, 0.3) is 5.91 Å². The smallest absolute Gasteiger partial charge is 0.286 e. The monoisotopic (exact) mass is 381 g/mol. The third-order valence-electron chi connectivity index (χ3n) is 6.16. The van der Waals surface area contributed by atoms with Crippen LogP contribution in [-0.4, -0.2) is 55.0 Å². The Morgan fingerprint density at radius 1 is 1.11 bits per heavy atom. The molecule has 5 nitrogen and oxygen atoms in total. The fraction of sp³-hybridized carbons (Fsp3) is 0.522. The van der Waals surface area contributed by atoms with Crippen molar-refractivity contribution < 1.29 is 9.21 Å². The molecule has 1 N–H and O–H groups in total. The molecule has 2 aromatic rings. The van der Waals surface area contributed by atoms with Crippen LogP contribution in [0.4, 0.5) is 0 Å². The molecule has 3 aliphatic rings. The van der Waals surface area contributed by atoms with Gasteiger partial charge in [-0.1, -0.05) is 30.3 Å². The first-order valence-electron chi connectivity index (χ1n) is 10.5. The molecule has 2 bridgehead atoms. The van der Waals surface area contributed by atoms with Crippen molar-refractivity contribution in [3.05, 3.63) is 59.5 Å². The van der Waals surface area contributed by atoms with E-state index in [9.17, 15) is 4.79 Å². The Bertz CT molecular complexity index is 773. The number of hydrogen-bond donors (Lipinski definition) is 1. The van der Waals surface area contributed by atoms with Crippen LogP contribution in [-0.2, 0) is 13.0 Å². The standard InChI is InChI=1S/C23H31N3O2/c1-24-23(27)22-12-11-21(28-22)17-26-15-19-9-10-20(26)16-25(14-19)13-5-8-18-6-3-2-4-7-18/h2-4,6-7,11-12,19-20H,5,8-10,13-17H2,1H3,(H,24,27)/t19-,20+/m0/s1. The number of nitrogens with zero attached hydrogens (tertiary/aromatic N) is 2. The fourth-order valence-corrected chi connectivity index (χ4v) is 4.71. The molecule has 3 aliphatic heterocycles. The molecular formula is C23H31N3O2. The number of fused-ring (bicyclic) bond motifs is 4. The lowest BCUT2D eigenvalue weighted by Crippen LogP contribution is -2.43. The third kappa shape index (κ3) is 4.65. The minimum absolute atomic E-state index is 0.159. The molecule has 150 valence electrons. The summed E-state index contributed by atoms with van der Waals surface area (Å²) in [6.45, 7) is 5.47. The average molecular weight is 382 g/mol. The Kier molecular flexibility index (Phi) is 6.13. The van der Waals surface area contributed by atoms with Gasteiger partial charge in [-0.05, 0) is 55.8 Å². The largest absolute Gasteiger partial charge is 0.455 e. The SMILES string of the molecule is CNC(=O)c1ccc(CN2C[C@H]3CC[C@@H]2CN(CCCc2ccccc2)C3)o1. The van der Waals surface area contributed by atoms with E-state index in [2.05, 4.69) is 45.4 Å². The van der Waals surface area contributed by atoms with E-state index >= 15 is 0 Å². The van der Waals surface area contributed by atoms with Crippen LogP contribution in [0.2, 0.25) is 0 Å². The molecule has 0 unspecified atom stereocenters. The van der Waals surface area contributed by atoms with Gasteiger partial charge in [0, 0.05) is 32.7 Å². The van der Waals surface area contributed by atoms with Crippen molar-refractivity contribution in [2.24, 2.45) is 5.92 Å². The summed E-state index contributed by atoms with van der Waals surface area (Å²) in [5.74, 6) is 1.87. The van der Waals surface area contributed by atoms with Crippen molar-refractivity contribution in [1.29, 1.82) is 0 Å². The van der Waals surface area contributed by atoms with Gasteiger partial charge >= 0.3 is 0 Å². The lowest BCUT2D eigenvalue weighted by atomic mass is 9.95. The van der Waals surface area contributed by atoms with Crippen LogP contribution in [0.5, 0.6) is 0 Å². The second-order valence-corrected chi connectivity index (χ2v) is 8.22. The maximum atomic E-state index is 11.7. The van der Waals surface area contributed by atoms with E-state index in [1.54, 1.807) is 13.1 Å². The van der Waals surface area contributed by atoms with E-state index in [1.807, 2.05) is 6.07 Å². The lowest BCUT2D eigenvalue weighted by molar-refractivity contribution is 0.0920. The van der Waals surface area contributed by atoms with E-state index in [4.69, 9.17) is 4.42 Å². The zero-order chi connectivity index (χ0) is 19.3. The van der Waals surface area contributed by atoms with Gasteiger partial charge in [0.05, 0.1) is 6.54 Å². The molecule has 1 aromatic carbocycles. The van der Waals surface area contributed by atoms with Crippen molar-refractivity contribution >= 4 is 5.91 Å². The van der Waals surface area contributed by atoms with Gasteiger partial charge < -0.3 is 14.6 Å². The number of benzene rings is 1. The molecular weight excluding hydrogens is 350 g/mol. The Labute approximate surface area is 167 Å². The van der Waals surface area contributed by atoms with Gasteiger partial charge in [-0.25, -0.2) is 0 Å². The molecule has 0 aliphatic carbocycles. The molecule has 3 saturated heterocycles. The minimum atomic E-state index is -0.159. The summed E-state index contributed by atoms with van der Waals surface area (Å²) < 4.78 is 5.76. The van der Waals surface area contributed by atoms with E-state index in [-0.39, 0.29) is 5.91 Å². The summed E-state index contributed by atoms with van der Waals surface area (Å²) in [5, 5.41) is 2.62. The summed E-state index contributed by atoms with van der Waals surface area (Å²) in [4.78, 5) is 17.0. The highest BCUT2D eigenvalue weighted by molar-refractivity contribution is 5.91. The van der Waals surface area contributed by atoms with Gasteiger partial charge in [-0.15, -0.1) is 0 Å². The summed E-state index contributed by atoms with van der Waals surface area (Å²) in [6, 6.07) is 15.1. The van der Waals surface area contributed by atoms with Crippen LogP contribution in [0, 0.1) is 5.92 Å². The molecule has 0 radical (unpaired) electrons. The quantitative estimate of drug-likeness (QED) is 0.800. The van der Waals surface area contributed by atoms with E-state index in [1.165, 1.54) is 37.9 Å². The molecule has 5 heteroatoms. The van der Waals surface area contributed by atoms with Crippen molar-refractivity contribution in [3.8, 4) is 0 Å². The predicted octanol–water partition coefficient (Wildman–Crippen LogP) is 3.17. The van der Waals surface area contributed by atoms with Crippen LogP contribution >= 0.6 is 0 Å². The van der Waals surface area contributed by atoms with Gasteiger partial charge in [0.2, 0.25) is 0 Å². The number of furan rings is 1. The van der Waals surface area contributed by atoms with E-state index in [0.29, 0.717) is 11.8 Å². The number of amides is 1. The molecule has 1 amide bonds. The van der Waals surface area contributed by atoms with E-state index < -0.39 is 0 Å². The number of carbonyl (C=O) groups excluding carboxylic acids is 1. The molecule has 3 fully saturated rings. The fourth-order valence-electron chi connectivity index (χ4n) is 4.71. The number of rotatable bonds is 7. The highest BCUT2D eigenvalue weighted by Crippen LogP contribution is 2.29. The maximum absolute atomic E-state index is 11.7. The Morgan fingerprint density at radius 3 is 2.79 bits per heavy atom. The van der Waals surface area contributed by atoms with E-state index in [0.717, 1.165) is 37.7 Å². The molecule has 28 heavy (non-hydrogen) atoms. The minimum Gasteiger partial charge on any atom is -0.455 e. The number of piperidine rings is 1. The van der Waals surface area contributed by atoms with Gasteiger partial charge in [0.1, 0.15) is 5.76 Å². The summed E-state index contributed by atoms with van der Waals surface area (Å²) in [5.41, 5.74) is 1.44. The molecule has 0 spiro atoms. The summed E-state index contributed by atoms with van der Waals surface area (Å²) >= 11 is 0. The normalized spacial score (nSPS) is 22.9. The van der Waals surface area contributed by atoms with Crippen LogP contribution < -0.4 is 5.32 Å². The zero-order valence-corrected chi connectivity index (χ0v) is 16.8. The Balaban J connectivity index is 1.31. The first-order valence-corrected chi connectivity index (χ1v) is 10.5. The second-order valence-electron chi connectivity index (χ2n) is 8.22. The third-order valence-corrected chi connectivity index (χ3v) is 6.16. The van der Waals surface area contributed by atoms with Crippen LogP contribution in [0.3, 0.4) is 0 Å². The van der Waals surface area contributed by atoms with Crippen molar-refractivity contribution in [1.82, 2.24) is 15.1 Å². The number of hydrogen-bond acceptors (Lipinski definition) is 4. The van der Waals surface area contributed by atoms with Crippen LogP contribution in [0.1, 0.15) is 41.1 Å². The van der Waals surface area contributed by atoms with Gasteiger partial charge in [-0.3, -0.25) is 9.69 Å². The summed E-state index contributed by atoms with van der Waals surface area (Å²) in [7, 11) is 1.63. The molecule has 1 aromatic heterocycles. The topological polar surface area (TPSA) is 48.7 Å². The first-order chi connectivity index (χ1) is 13.7. The first kappa shape index (κ1) is 19.2. The summed E-state index contributed by atoms with van der Waals surface area (Å²) in [6.07, 6.45) is 4.98. The van der Waals surface area contributed by atoms with Crippen molar-refractivity contribution in [2.45, 2.75) is 38.3 Å². The lowest BCUT2D eigenvalue weighted by Gasteiger charge is -2.35. The van der Waals surface area contributed by atoms with Crippen LogP contribution in [0.15, 0.2) is 46.9 Å². The van der Waals surface area contributed by atoms with Gasteiger partial charge in [0.15, 0.2) is 5.76 Å². The second kappa shape index (κ2) is 8.93. The van der Waals surface area contributed by atoms with Crippen molar-refractivity contribution in [2.75, 3.05) is 33.2 Å². The molecule has 2 atom stereocenters. The van der Waals surface area contributed by atoms with Crippen molar-refractivity contribution in [3.63, 3.8) is 0 Å². The maximum Gasteiger partial charge on any atom is 0.286 e. The predicted molar refractivity (Wildman–Crippen MR) is 110 cm³/mol.